The van der Waals surface area contributed by atoms with Gasteiger partial charge in [0.1, 0.15) is 5.82 Å². The lowest BCUT2D eigenvalue weighted by Crippen LogP contribution is -2.49. The predicted octanol–water partition coefficient (Wildman–Crippen LogP) is 4.10. The molecule has 2 aromatic rings. The van der Waals surface area contributed by atoms with Gasteiger partial charge in [-0.15, -0.1) is 0 Å². The predicted molar refractivity (Wildman–Crippen MR) is 118 cm³/mol. The molecular formula is C23H25F4N3O3S. The van der Waals surface area contributed by atoms with E-state index in [9.17, 15) is 30.8 Å². The molecule has 2 aromatic carbocycles. The number of rotatable bonds is 7. The third-order valence-electron chi connectivity index (χ3n) is 6.06. The van der Waals surface area contributed by atoms with Crippen molar-refractivity contribution in [3.63, 3.8) is 0 Å². The van der Waals surface area contributed by atoms with Crippen LogP contribution in [0.4, 0.5) is 23.2 Å². The van der Waals surface area contributed by atoms with E-state index >= 15 is 0 Å². The molecule has 11 heteroatoms. The number of alkyl halides is 3. The minimum atomic E-state index is -4.44. The SMILES string of the molecule is O=C(CN1CCC(N(C2CC2)S(=O)(=O)c2cccc(F)c2)CC1)Nc1ccc(C(F)(F)F)cc1. The lowest BCUT2D eigenvalue weighted by atomic mass is 10.0. The first-order chi connectivity index (χ1) is 16.0. The standard InChI is InChI=1S/C23H25F4N3O3S/c24-17-2-1-3-21(14-17)34(32,33)30(19-8-9-19)20-10-12-29(13-11-20)15-22(31)28-18-6-4-16(5-7-18)23(25,26)27/h1-7,14,19-20H,8-13,15H2,(H,28,31). The van der Waals surface area contributed by atoms with Gasteiger partial charge in [0.25, 0.3) is 0 Å². The van der Waals surface area contributed by atoms with E-state index in [1.165, 1.54) is 34.6 Å². The Labute approximate surface area is 195 Å². The molecular weight excluding hydrogens is 474 g/mol. The maximum Gasteiger partial charge on any atom is 0.416 e. The first-order valence-corrected chi connectivity index (χ1v) is 12.5. The summed E-state index contributed by atoms with van der Waals surface area (Å²) in [7, 11) is -3.84. The van der Waals surface area contributed by atoms with Gasteiger partial charge in [-0.3, -0.25) is 9.69 Å². The Morgan fingerprint density at radius 1 is 1.00 bits per heavy atom. The van der Waals surface area contributed by atoms with Crippen molar-refractivity contribution in [3.8, 4) is 0 Å². The van der Waals surface area contributed by atoms with Gasteiger partial charge in [-0.05, 0) is 68.1 Å². The monoisotopic (exact) mass is 499 g/mol. The third-order valence-corrected chi connectivity index (χ3v) is 8.06. The molecule has 0 unspecified atom stereocenters. The average Bonchev–Trinajstić information content (AvgIpc) is 3.59. The zero-order chi connectivity index (χ0) is 24.5. The molecule has 1 saturated heterocycles. The van der Waals surface area contributed by atoms with Crippen molar-refractivity contribution in [1.82, 2.24) is 9.21 Å². The van der Waals surface area contributed by atoms with Crippen molar-refractivity contribution in [2.75, 3.05) is 25.0 Å². The normalized spacial score (nSPS) is 18.3. The van der Waals surface area contributed by atoms with E-state index in [-0.39, 0.29) is 35.1 Å². The number of sulfonamides is 1. The topological polar surface area (TPSA) is 69.7 Å². The molecule has 0 spiro atoms. The molecule has 184 valence electrons. The molecule has 4 rings (SSSR count). The van der Waals surface area contributed by atoms with Crippen LogP contribution in [0.15, 0.2) is 53.4 Å². The zero-order valence-electron chi connectivity index (χ0n) is 18.3. The van der Waals surface area contributed by atoms with Gasteiger partial charge in [-0.2, -0.15) is 17.5 Å². The summed E-state index contributed by atoms with van der Waals surface area (Å²) in [5.41, 5.74) is -0.519. The molecule has 1 aliphatic carbocycles. The average molecular weight is 500 g/mol. The van der Waals surface area contributed by atoms with Gasteiger partial charge in [0.2, 0.25) is 15.9 Å². The van der Waals surface area contributed by atoms with Gasteiger partial charge >= 0.3 is 6.18 Å². The molecule has 1 amide bonds. The fourth-order valence-electron chi connectivity index (χ4n) is 4.25. The molecule has 2 aliphatic rings. The quantitative estimate of drug-likeness (QED) is 0.583. The van der Waals surface area contributed by atoms with Crippen molar-refractivity contribution in [1.29, 1.82) is 0 Å². The van der Waals surface area contributed by atoms with Crippen LogP contribution in [0.5, 0.6) is 0 Å². The minimum absolute atomic E-state index is 0.0494. The van der Waals surface area contributed by atoms with Crippen molar-refractivity contribution in [2.45, 2.75) is 48.8 Å². The number of amides is 1. The Morgan fingerprint density at radius 3 is 2.18 bits per heavy atom. The van der Waals surface area contributed by atoms with E-state index < -0.39 is 27.6 Å². The molecule has 34 heavy (non-hydrogen) atoms. The van der Waals surface area contributed by atoms with E-state index in [0.29, 0.717) is 25.9 Å². The number of hydrogen-bond donors (Lipinski definition) is 1. The van der Waals surface area contributed by atoms with Crippen LogP contribution in [0, 0.1) is 5.82 Å². The molecule has 0 bridgehead atoms. The highest BCUT2D eigenvalue weighted by atomic mass is 32.2. The number of benzene rings is 2. The van der Waals surface area contributed by atoms with Crippen LogP contribution in [0.2, 0.25) is 0 Å². The summed E-state index contributed by atoms with van der Waals surface area (Å²) >= 11 is 0. The van der Waals surface area contributed by atoms with Gasteiger partial charge in [0.05, 0.1) is 17.0 Å². The van der Waals surface area contributed by atoms with Crippen LogP contribution in [0.25, 0.3) is 0 Å². The van der Waals surface area contributed by atoms with E-state index in [0.717, 1.165) is 31.0 Å². The first kappa shape index (κ1) is 24.6. The second kappa shape index (κ2) is 9.63. The van der Waals surface area contributed by atoms with Crippen LogP contribution >= 0.6 is 0 Å². The Hall–Kier alpha value is -2.50. The van der Waals surface area contributed by atoms with Crippen molar-refractivity contribution < 1.29 is 30.8 Å². The van der Waals surface area contributed by atoms with Gasteiger partial charge in [0, 0.05) is 30.9 Å². The fourth-order valence-corrected chi connectivity index (χ4v) is 6.21. The van der Waals surface area contributed by atoms with Crippen LogP contribution in [0.3, 0.4) is 0 Å². The zero-order valence-corrected chi connectivity index (χ0v) is 19.1. The van der Waals surface area contributed by atoms with Crippen LogP contribution in [-0.4, -0.2) is 55.2 Å². The molecule has 1 N–H and O–H groups in total. The number of carbonyl (C=O) groups excluding carboxylic acids is 1. The van der Waals surface area contributed by atoms with Crippen LogP contribution in [-0.2, 0) is 21.0 Å². The lowest BCUT2D eigenvalue weighted by molar-refractivity contribution is -0.137. The minimum Gasteiger partial charge on any atom is -0.325 e. The summed E-state index contributed by atoms with van der Waals surface area (Å²) in [6.07, 6.45) is -1.85. The number of nitrogens with zero attached hydrogens (tertiary/aromatic N) is 2. The molecule has 1 saturated carbocycles. The fraction of sp³-hybridized carbons (Fsp3) is 0.435. The maximum absolute atomic E-state index is 13.6. The van der Waals surface area contributed by atoms with Gasteiger partial charge in [-0.1, -0.05) is 6.07 Å². The number of likely N-dealkylation sites (tertiary alicyclic amines) is 1. The summed E-state index contributed by atoms with van der Waals surface area (Å²) in [5, 5.41) is 2.59. The van der Waals surface area contributed by atoms with Crippen LogP contribution in [0.1, 0.15) is 31.2 Å². The highest BCUT2D eigenvalue weighted by Crippen LogP contribution is 2.37. The van der Waals surface area contributed by atoms with E-state index in [1.807, 2.05) is 4.90 Å². The van der Waals surface area contributed by atoms with Crippen molar-refractivity contribution in [2.24, 2.45) is 0 Å². The van der Waals surface area contributed by atoms with E-state index in [2.05, 4.69) is 5.32 Å². The smallest absolute Gasteiger partial charge is 0.325 e. The molecule has 1 aliphatic heterocycles. The first-order valence-electron chi connectivity index (χ1n) is 11.0. The number of hydrogen-bond acceptors (Lipinski definition) is 4. The van der Waals surface area contributed by atoms with Crippen molar-refractivity contribution in [3.05, 3.63) is 59.9 Å². The molecule has 2 fully saturated rings. The number of halogens is 4. The lowest BCUT2D eigenvalue weighted by Gasteiger charge is -2.37. The summed E-state index contributed by atoms with van der Waals surface area (Å²) < 4.78 is 79.6. The highest BCUT2D eigenvalue weighted by Gasteiger charge is 2.43. The Kier molecular flexibility index (Phi) is 6.97. The van der Waals surface area contributed by atoms with E-state index in [1.54, 1.807) is 0 Å². The molecule has 1 heterocycles. The largest absolute Gasteiger partial charge is 0.416 e. The second-order valence-electron chi connectivity index (χ2n) is 8.65. The Bertz CT molecular complexity index is 1130. The summed E-state index contributed by atoms with van der Waals surface area (Å²) in [6, 6.07) is 8.91. The molecule has 0 radical (unpaired) electrons. The Morgan fingerprint density at radius 2 is 1.62 bits per heavy atom. The maximum atomic E-state index is 13.6. The van der Waals surface area contributed by atoms with E-state index in [4.69, 9.17) is 0 Å². The second-order valence-corrected chi connectivity index (χ2v) is 10.5. The van der Waals surface area contributed by atoms with Crippen LogP contribution < -0.4 is 5.32 Å². The third kappa shape index (κ3) is 5.76. The highest BCUT2D eigenvalue weighted by molar-refractivity contribution is 7.89. The molecule has 0 aromatic heterocycles. The van der Waals surface area contributed by atoms with Gasteiger partial charge < -0.3 is 5.32 Å². The molecule has 0 atom stereocenters. The summed E-state index contributed by atoms with van der Waals surface area (Å²) in [6.45, 7) is 1.04. The number of nitrogens with one attached hydrogen (secondary N) is 1. The summed E-state index contributed by atoms with van der Waals surface area (Å²) in [5.74, 6) is -0.963. The van der Waals surface area contributed by atoms with Gasteiger partial charge in [0.15, 0.2) is 0 Å². The Balaban J connectivity index is 1.33. The number of carbonyl (C=O) groups is 1. The molecule has 6 nitrogen and oxygen atoms in total. The van der Waals surface area contributed by atoms with Gasteiger partial charge in [-0.25, -0.2) is 12.8 Å². The number of anilines is 1. The summed E-state index contributed by atoms with van der Waals surface area (Å²) in [4.78, 5) is 14.2. The number of piperidine rings is 1. The van der Waals surface area contributed by atoms with Crippen molar-refractivity contribution >= 4 is 21.6 Å².